The van der Waals surface area contributed by atoms with Gasteiger partial charge in [-0.15, -0.1) is 0 Å². The summed E-state index contributed by atoms with van der Waals surface area (Å²) in [6.45, 7) is 18.9. The van der Waals surface area contributed by atoms with Crippen molar-refractivity contribution >= 4 is 5.70 Å². The molecule has 0 fully saturated rings. The number of allylic oxidation sites excluding steroid dienone is 4. The molecule has 0 radical (unpaired) electrons. The molecule has 0 aromatic heterocycles. The summed E-state index contributed by atoms with van der Waals surface area (Å²) in [5.41, 5.74) is 11.8. The first-order valence-electron chi connectivity index (χ1n) is 14.1. The number of benzene rings is 2. The molecule has 2 nitrogen and oxygen atoms in total. The van der Waals surface area contributed by atoms with E-state index < -0.39 is 0 Å². The van der Waals surface area contributed by atoms with E-state index in [-0.39, 0.29) is 5.41 Å². The highest BCUT2D eigenvalue weighted by Gasteiger charge is 2.40. The second kappa shape index (κ2) is 11.7. The lowest BCUT2D eigenvalue weighted by Crippen LogP contribution is -2.47. The fourth-order valence-corrected chi connectivity index (χ4v) is 6.12. The molecule has 0 saturated carbocycles. The summed E-state index contributed by atoms with van der Waals surface area (Å²) in [5.74, 6) is 0. The van der Waals surface area contributed by atoms with Gasteiger partial charge >= 0.3 is 0 Å². The quantitative estimate of drug-likeness (QED) is 0.309. The maximum Gasteiger partial charge on any atom is 0.0715 e. The Bertz CT molecular complexity index is 1200. The van der Waals surface area contributed by atoms with Gasteiger partial charge in [-0.05, 0) is 95.1 Å². The van der Waals surface area contributed by atoms with Gasteiger partial charge in [-0.1, -0.05) is 83.7 Å². The Morgan fingerprint density at radius 2 is 1.86 bits per heavy atom. The summed E-state index contributed by atoms with van der Waals surface area (Å²) >= 11 is 0. The number of rotatable bonds is 11. The second-order valence-electron chi connectivity index (χ2n) is 11.5. The molecule has 2 aromatic carbocycles. The number of aryl methyl sites for hydroxylation is 2. The number of hydrogen-bond acceptors (Lipinski definition) is 2. The van der Waals surface area contributed by atoms with Crippen molar-refractivity contribution in [3.05, 3.63) is 112 Å². The third kappa shape index (κ3) is 5.85. The smallest absolute Gasteiger partial charge is 0.0715 e. The lowest BCUT2D eigenvalue weighted by Gasteiger charge is -2.48. The molecule has 0 N–H and O–H groups in total. The van der Waals surface area contributed by atoms with Crippen LogP contribution in [-0.2, 0) is 30.6 Å². The molecule has 4 rings (SSSR count). The summed E-state index contributed by atoms with van der Waals surface area (Å²) in [4.78, 5) is 2.57. The van der Waals surface area contributed by atoms with Gasteiger partial charge in [-0.2, -0.15) is 0 Å². The molecule has 0 spiro atoms. The van der Waals surface area contributed by atoms with E-state index in [1.807, 2.05) is 0 Å². The van der Waals surface area contributed by atoms with Crippen molar-refractivity contribution < 1.29 is 4.74 Å². The summed E-state index contributed by atoms with van der Waals surface area (Å²) < 4.78 is 5.58. The Hall–Kier alpha value is -2.84. The second-order valence-corrected chi connectivity index (χ2v) is 11.5. The highest BCUT2D eigenvalue weighted by atomic mass is 16.5. The maximum absolute atomic E-state index is 5.58. The van der Waals surface area contributed by atoms with Crippen LogP contribution in [0.5, 0.6) is 0 Å². The van der Waals surface area contributed by atoms with E-state index >= 15 is 0 Å². The highest BCUT2D eigenvalue weighted by Crippen LogP contribution is 2.46. The molecule has 37 heavy (non-hydrogen) atoms. The number of nitrogens with zero attached hydrogens (tertiary/aromatic N) is 1. The van der Waals surface area contributed by atoms with Crippen molar-refractivity contribution in [1.82, 2.24) is 4.90 Å². The van der Waals surface area contributed by atoms with E-state index in [4.69, 9.17) is 4.74 Å². The van der Waals surface area contributed by atoms with Crippen molar-refractivity contribution in [3.63, 3.8) is 0 Å². The largest absolute Gasteiger partial charge is 0.380 e. The van der Waals surface area contributed by atoms with Crippen LogP contribution in [0.3, 0.4) is 0 Å². The van der Waals surface area contributed by atoms with Crippen LogP contribution in [-0.4, -0.2) is 18.1 Å². The molecule has 0 aliphatic carbocycles. The Morgan fingerprint density at radius 1 is 1.11 bits per heavy atom. The Kier molecular flexibility index (Phi) is 8.60. The number of ether oxygens (including phenoxy) is 1. The van der Waals surface area contributed by atoms with Crippen LogP contribution in [0.15, 0.2) is 84.6 Å². The van der Waals surface area contributed by atoms with Crippen LogP contribution >= 0.6 is 0 Å². The fraction of sp³-hybridized carbons (Fsp3) is 0.429. The van der Waals surface area contributed by atoms with Crippen LogP contribution in [0.4, 0.5) is 0 Å². The average Bonchev–Trinajstić information content (AvgIpc) is 2.88. The molecule has 1 unspecified atom stereocenters. The molecule has 2 heteroatoms. The molecule has 196 valence electrons. The first kappa shape index (κ1) is 27.2. The predicted molar refractivity (Wildman–Crippen MR) is 158 cm³/mol. The van der Waals surface area contributed by atoms with E-state index in [1.165, 1.54) is 57.5 Å². The number of methoxy groups -OCH3 is 1. The number of fused-ring (bicyclic) bond motifs is 3. The molecular weight excluding hydrogens is 450 g/mol. The van der Waals surface area contributed by atoms with E-state index in [0.29, 0.717) is 12.6 Å². The standard InChI is InChI=1S/C35H45NO/c1-8-14-25(3)32-23-36-33(19-26(32)4)31-21-28(9-2)30(24-37-7)20-29(31)22-34(36)35(5,6)18-13-17-27-15-11-10-12-16-27/h10-12,15-16,19-21,23,34H,3-4,8-9,13-14,17-18,22,24H2,1-2,5-7H3. The SMILES string of the molecule is C=C1C=C2c3cc(CC)c(COC)cc3CC(C(C)(C)CCCc3ccccc3)N2C=C1C(=C)CCC. The Balaban J connectivity index is 1.72. The Labute approximate surface area is 225 Å². The molecule has 0 bridgehead atoms. The topological polar surface area (TPSA) is 12.5 Å². The van der Waals surface area contributed by atoms with Gasteiger partial charge in [0.2, 0.25) is 0 Å². The minimum absolute atomic E-state index is 0.128. The molecule has 2 heterocycles. The van der Waals surface area contributed by atoms with Crippen molar-refractivity contribution in [1.29, 1.82) is 0 Å². The molecule has 2 aliphatic heterocycles. The van der Waals surface area contributed by atoms with Crippen LogP contribution in [0.1, 0.15) is 81.2 Å². The average molecular weight is 496 g/mol. The van der Waals surface area contributed by atoms with E-state index in [2.05, 4.69) is 100 Å². The normalized spacial score (nSPS) is 17.2. The van der Waals surface area contributed by atoms with Crippen molar-refractivity contribution in [2.45, 2.75) is 85.3 Å². The van der Waals surface area contributed by atoms with Gasteiger partial charge in [0.25, 0.3) is 0 Å². The molecular formula is C35H45NO. The third-order valence-corrected chi connectivity index (χ3v) is 8.30. The maximum atomic E-state index is 5.58. The molecule has 2 aromatic rings. The van der Waals surface area contributed by atoms with Gasteiger partial charge < -0.3 is 9.64 Å². The van der Waals surface area contributed by atoms with Crippen LogP contribution in [0, 0.1) is 5.41 Å². The van der Waals surface area contributed by atoms with Crippen LogP contribution < -0.4 is 0 Å². The summed E-state index contributed by atoms with van der Waals surface area (Å²) in [6.07, 6.45) is 12.3. The predicted octanol–water partition coefficient (Wildman–Crippen LogP) is 8.82. The molecule has 1 atom stereocenters. The van der Waals surface area contributed by atoms with Crippen molar-refractivity contribution in [2.75, 3.05) is 7.11 Å². The highest BCUT2D eigenvalue weighted by molar-refractivity contribution is 5.77. The van der Waals surface area contributed by atoms with Gasteiger partial charge in [0.1, 0.15) is 0 Å². The van der Waals surface area contributed by atoms with Gasteiger partial charge in [0, 0.05) is 30.6 Å². The zero-order valence-electron chi connectivity index (χ0n) is 23.7. The summed E-state index contributed by atoms with van der Waals surface area (Å²) in [5, 5.41) is 0. The fourth-order valence-electron chi connectivity index (χ4n) is 6.12. The van der Waals surface area contributed by atoms with Gasteiger partial charge in [-0.25, -0.2) is 0 Å². The molecule has 2 aliphatic rings. The summed E-state index contributed by atoms with van der Waals surface area (Å²) in [6, 6.07) is 16.1. The zero-order chi connectivity index (χ0) is 26.6. The van der Waals surface area contributed by atoms with Gasteiger partial charge in [0.15, 0.2) is 0 Å². The van der Waals surface area contributed by atoms with E-state index in [9.17, 15) is 0 Å². The number of hydrogen-bond donors (Lipinski definition) is 0. The van der Waals surface area contributed by atoms with Crippen molar-refractivity contribution in [3.8, 4) is 0 Å². The van der Waals surface area contributed by atoms with E-state index in [1.54, 1.807) is 7.11 Å². The molecule has 0 amide bonds. The lowest BCUT2D eigenvalue weighted by atomic mass is 9.72. The Morgan fingerprint density at radius 3 is 2.54 bits per heavy atom. The first-order chi connectivity index (χ1) is 17.8. The lowest BCUT2D eigenvalue weighted by molar-refractivity contribution is 0.153. The minimum Gasteiger partial charge on any atom is -0.380 e. The van der Waals surface area contributed by atoms with Crippen molar-refractivity contribution in [2.24, 2.45) is 5.41 Å². The zero-order valence-corrected chi connectivity index (χ0v) is 23.7. The van der Waals surface area contributed by atoms with Gasteiger partial charge in [-0.3, -0.25) is 0 Å². The van der Waals surface area contributed by atoms with E-state index in [0.717, 1.165) is 37.7 Å². The minimum atomic E-state index is 0.128. The third-order valence-electron chi connectivity index (χ3n) is 8.30. The first-order valence-corrected chi connectivity index (χ1v) is 14.1. The van der Waals surface area contributed by atoms with Gasteiger partial charge in [0.05, 0.1) is 6.61 Å². The van der Waals surface area contributed by atoms with Crippen LogP contribution in [0.2, 0.25) is 0 Å². The molecule has 0 saturated heterocycles. The van der Waals surface area contributed by atoms with Crippen LogP contribution in [0.25, 0.3) is 5.70 Å². The summed E-state index contributed by atoms with van der Waals surface area (Å²) in [7, 11) is 1.79. The monoisotopic (exact) mass is 495 g/mol.